The van der Waals surface area contributed by atoms with Crippen LogP contribution in [0.5, 0.6) is 0 Å². The van der Waals surface area contributed by atoms with Gasteiger partial charge in [0.2, 0.25) is 15.9 Å². The number of rotatable bonds is 6. The summed E-state index contributed by atoms with van der Waals surface area (Å²) < 4.78 is 26.5. The van der Waals surface area contributed by atoms with Gasteiger partial charge in [-0.25, -0.2) is 13.6 Å². The minimum atomic E-state index is -3.43. The van der Waals surface area contributed by atoms with Gasteiger partial charge >= 0.3 is 0 Å². The number of hydrogen-bond donors (Lipinski definition) is 3. The predicted octanol–water partition coefficient (Wildman–Crippen LogP) is -1.84. The molecule has 1 rings (SSSR count). The molecule has 7 nitrogen and oxygen atoms in total. The Labute approximate surface area is 101 Å². The highest BCUT2D eigenvalue weighted by atomic mass is 32.2. The fourth-order valence-corrected chi connectivity index (χ4v) is 2.09. The van der Waals surface area contributed by atoms with E-state index in [-0.39, 0.29) is 17.7 Å². The lowest BCUT2D eigenvalue weighted by atomic mass is 10.2. The third-order valence-electron chi connectivity index (χ3n) is 2.36. The number of carbonyl (C=O) groups is 1. The second-order valence-corrected chi connectivity index (χ2v) is 5.73. The van der Waals surface area contributed by atoms with Crippen LogP contribution in [0.15, 0.2) is 0 Å². The van der Waals surface area contributed by atoms with Crippen molar-refractivity contribution in [2.45, 2.75) is 18.9 Å². The van der Waals surface area contributed by atoms with Crippen molar-refractivity contribution in [1.82, 2.24) is 10.6 Å². The Hall–Kier alpha value is -0.700. The highest BCUT2D eigenvalue weighted by molar-refractivity contribution is 7.89. The maximum absolute atomic E-state index is 11.4. The molecule has 1 aliphatic rings. The highest BCUT2D eigenvalue weighted by Gasteiger charge is 2.16. The van der Waals surface area contributed by atoms with Crippen molar-refractivity contribution in [1.29, 1.82) is 0 Å². The second-order valence-electron chi connectivity index (χ2n) is 4.00. The van der Waals surface area contributed by atoms with E-state index < -0.39 is 10.0 Å². The molecule has 4 N–H and O–H groups in total. The van der Waals surface area contributed by atoms with Crippen LogP contribution >= 0.6 is 0 Å². The zero-order valence-corrected chi connectivity index (χ0v) is 10.5. The minimum Gasteiger partial charge on any atom is -0.378 e. The highest BCUT2D eigenvalue weighted by Crippen LogP contribution is 1.98. The first kappa shape index (κ1) is 14.4. The Balaban J connectivity index is 2.08. The number of nitrogens with two attached hydrogens (primary N) is 1. The van der Waals surface area contributed by atoms with Crippen molar-refractivity contribution in [3.05, 3.63) is 0 Å². The summed E-state index contributed by atoms with van der Waals surface area (Å²) in [4.78, 5) is 11.4. The van der Waals surface area contributed by atoms with E-state index in [4.69, 9.17) is 9.88 Å². The first-order valence-electron chi connectivity index (χ1n) is 5.56. The van der Waals surface area contributed by atoms with Crippen LogP contribution in [-0.2, 0) is 19.6 Å². The van der Waals surface area contributed by atoms with Gasteiger partial charge in [0.1, 0.15) is 0 Å². The van der Waals surface area contributed by atoms with Gasteiger partial charge in [-0.15, -0.1) is 0 Å². The summed E-state index contributed by atoms with van der Waals surface area (Å²) in [6.45, 7) is 2.28. The number of ether oxygens (including phenoxy) is 1. The molecule has 1 fully saturated rings. The lowest BCUT2D eigenvalue weighted by molar-refractivity contribution is -0.122. The molecule has 8 heteroatoms. The first-order chi connectivity index (χ1) is 7.97. The van der Waals surface area contributed by atoms with E-state index in [2.05, 4.69) is 10.6 Å². The van der Waals surface area contributed by atoms with E-state index in [0.29, 0.717) is 32.6 Å². The van der Waals surface area contributed by atoms with Crippen molar-refractivity contribution in [3.8, 4) is 0 Å². The van der Waals surface area contributed by atoms with Gasteiger partial charge in [-0.1, -0.05) is 0 Å². The smallest absolute Gasteiger partial charge is 0.221 e. The second kappa shape index (κ2) is 6.90. The van der Waals surface area contributed by atoms with Gasteiger partial charge in [0.05, 0.1) is 19.0 Å². The number of sulfonamides is 1. The zero-order valence-electron chi connectivity index (χ0n) is 9.65. The normalized spacial score (nSPS) is 21.1. The van der Waals surface area contributed by atoms with Crippen LogP contribution in [0.4, 0.5) is 0 Å². The molecule has 0 radical (unpaired) electrons. The molecule has 0 aromatic heterocycles. The van der Waals surface area contributed by atoms with E-state index >= 15 is 0 Å². The minimum absolute atomic E-state index is 0.0435. The molecular weight excluding hydrogens is 246 g/mol. The van der Waals surface area contributed by atoms with Crippen LogP contribution in [-0.4, -0.2) is 52.4 Å². The standard InChI is InChI=1S/C9H19N3O4S/c10-17(14,15)5-1-2-12-9(13)6-8-7-16-4-3-11-8/h8,11H,1-7H2,(H,12,13)(H2,10,14,15). The van der Waals surface area contributed by atoms with E-state index in [1.54, 1.807) is 0 Å². The maximum atomic E-state index is 11.4. The summed E-state index contributed by atoms with van der Waals surface area (Å²) in [5.74, 6) is -0.222. The number of hydrogen-bond acceptors (Lipinski definition) is 5. The van der Waals surface area contributed by atoms with Crippen LogP contribution in [0.25, 0.3) is 0 Å². The summed E-state index contributed by atoms with van der Waals surface area (Å²) in [6.07, 6.45) is 0.675. The molecule has 0 spiro atoms. The Morgan fingerprint density at radius 1 is 1.53 bits per heavy atom. The molecule has 1 heterocycles. The monoisotopic (exact) mass is 265 g/mol. The number of morpholine rings is 1. The molecule has 100 valence electrons. The van der Waals surface area contributed by atoms with Gasteiger partial charge in [-0.2, -0.15) is 0 Å². The Morgan fingerprint density at radius 2 is 2.29 bits per heavy atom. The average molecular weight is 265 g/mol. The fourth-order valence-electron chi connectivity index (χ4n) is 1.55. The zero-order chi connectivity index (χ0) is 12.7. The SMILES string of the molecule is NS(=O)(=O)CCCNC(=O)CC1COCCN1. The van der Waals surface area contributed by atoms with Crippen molar-refractivity contribution in [3.63, 3.8) is 0 Å². The summed E-state index contributed by atoms with van der Waals surface area (Å²) in [7, 11) is -3.43. The molecule has 0 saturated carbocycles. The third kappa shape index (κ3) is 7.27. The number of primary sulfonamides is 1. The third-order valence-corrected chi connectivity index (χ3v) is 3.22. The average Bonchev–Trinajstić information content (AvgIpc) is 2.25. The van der Waals surface area contributed by atoms with Crippen LogP contribution in [0.1, 0.15) is 12.8 Å². The van der Waals surface area contributed by atoms with Crippen molar-refractivity contribution >= 4 is 15.9 Å². The van der Waals surface area contributed by atoms with E-state index in [9.17, 15) is 13.2 Å². The Bertz CT molecular complexity index is 338. The molecule has 1 unspecified atom stereocenters. The number of carbonyl (C=O) groups excluding carboxylic acids is 1. The number of amides is 1. The van der Waals surface area contributed by atoms with Gasteiger partial charge in [-0.05, 0) is 6.42 Å². The lowest BCUT2D eigenvalue weighted by Crippen LogP contribution is -2.44. The van der Waals surface area contributed by atoms with Gasteiger partial charge in [0.25, 0.3) is 0 Å². The maximum Gasteiger partial charge on any atom is 0.221 e. The molecular formula is C9H19N3O4S. The topological polar surface area (TPSA) is 111 Å². The Morgan fingerprint density at radius 3 is 2.88 bits per heavy atom. The Kier molecular flexibility index (Phi) is 5.83. The molecule has 1 atom stereocenters. The van der Waals surface area contributed by atoms with E-state index in [0.717, 1.165) is 6.54 Å². The van der Waals surface area contributed by atoms with Gasteiger partial charge in [0.15, 0.2) is 0 Å². The summed E-state index contributed by atoms with van der Waals surface area (Å²) in [5, 5.41) is 10.6. The molecule has 0 aromatic carbocycles. The van der Waals surface area contributed by atoms with E-state index in [1.807, 2.05) is 0 Å². The van der Waals surface area contributed by atoms with Crippen molar-refractivity contribution in [2.24, 2.45) is 5.14 Å². The molecule has 1 aliphatic heterocycles. The number of nitrogens with one attached hydrogen (secondary N) is 2. The molecule has 0 aliphatic carbocycles. The summed E-state index contributed by atoms with van der Waals surface area (Å²) in [6, 6.07) is 0.0435. The van der Waals surface area contributed by atoms with Crippen LogP contribution in [0.3, 0.4) is 0 Å². The molecule has 0 bridgehead atoms. The molecule has 1 amide bonds. The van der Waals surface area contributed by atoms with Crippen molar-refractivity contribution in [2.75, 3.05) is 32.1 Å². The van der Waals surface area contributed by atoms with Crippen LogP contribution < -0.4 is 15.8 Å². The lowest BCUT2D eigenvalue weighted by Gasteiger charge is -2.23. The largest absolute Gasteiger partial charge is 0.378 e. The van der Waals surface area contributed by atoms with Crippen molar-refractivity contribution < 1.29 is 17.9 Å². The quantitative estimate of drug-likeness (QED) is 0.489. The van der Waals surface area contributed by atoms with Gasteiger partial charge < -0.3 is 15.4 Å². The molecule has 1 saturated heterocycles. The van der Waals surface area contributed by atoms with Gasteiger partial charge in [0, 0.05) is 25.6 Å². The van der Waals surface area contributed by atoms with Gasteiger partial charge in [-0.3, -0.25) is 4.79 Å². The summed E-state index contributed by atoms with van der Waals surface area (Å²) >= 11 is 0. The van der Waals surface area contributed by atoms with E-state index in [1.165, 1.54) is 0 Å². The molecule has 17 heavy (non-hydrogen) atoms. The molecule has 0 aromatic rings. The predicted molar refractivity (Wildman–Crippen MR) is 62.8 cm³/mol. The first-order valence-corrected chi connectivity index (χ1v) is 7.27. The summed E-state index contributed by atoms with van der Waals surface area (Å²) in [5.41, 5.74) is 0. The van der Waals surface area contributed by atoms with Crippen LogP contribution in [0.2, 0.25) is 0 Å². The van der Waals surface area contributed by atoms with Crippen LogP contribution in [0, 0.1) is 0 Å². The fraction of sp³-hybridized carbons (Fsp3) is 0.889.